The number of rotatable bonds is 1. The van der Waals surface area contributed by atoms with Gasteiger partial charge in [0.1, 0.15) is 5.02 Å². The predicted octanol–water partition coefficient (Wildman–Crippen LogP) is 2.95. The molecule has 0 aliphatic carbocycles. The zero-order valence-corrected chi connectivity index (χ0v) is 7.91. The summed E-state index contributed by atoms with van der Waals surface area (Å²) in [6.45, 7) is 0. The van der Waals surface area contributed by atoms with E-state index < -0.39 is 17.5 Å². The van der Waals surface area contributed by atoms with E-state index in [-0.39, 0.29) is 10.7 Å². The van der Waals surface area contributed by atoms with Gasteiger partial charge in [0.25, 0.3) is 0 Å². The molecule has 1 aromatic rings. The maximum Gasteiger partial charge on any atom is 0.420 e. The predicted molar refractivity (Wildman–Crippen MR) is 47.4 cm³/mol. The molecular formula is C8H7ClF3NO. The first-order valence-electron chi connectivity index (χ1n) is 3.57. The third-order valence-electron chi connectivity index (χ3n) is 1.64. The molecule has 0 spiro atoms. The molecule has 1 rings (SSSR count). The van der Waals surface area contributed by atoms with Gasteiger partial charge in [0.05, 0.1) is 18.4 Å². The molecule has 0 aliphatic heterocycles. The highest BCUT2D eigenvalue weighted by atomic mass is 35.5. The van der Waals surface area contributed by atoms with E-state index in [1.165, 1.54) is 0 Å². The Hall–Kier alpha value is -1.10. The van der Waals surface area contributed by atoms with E-state index in [2.05, 4.69) is 4.74 Å². The van der Waals surface area contributed by atoms with Gasteiger partial charge in [0, 0.05) is 0 Å². The Morgan fingerprint density at radius 1 is 1.36 bits per heavy atom. The molecule has 0 unspecified atom stereocenters. The van der Waals surface area contributed by atoms with Crippen LogP contribution in [0.5, 0.6) is 5.75 Å². The average molecular weight is 226 g/mol. The number of nitrogen functional groups attached to an aromatic ring is 1. The summed E-state index contributed by atoms with van der Waals surface area (Å²) < 4.78 is 41.7. The summed E-state index contributed by atoms with van der Waals surface area (Å²) in [6, 6.07) is 1.92. The van der Waals surface area contributed by atoms with Crippen molar-refractivity contribution in [2.24, 2.45) is 0 Å². The fourth-order valence-corrected chi connectivity index (χ4v) is 1.24. The van der Waals surface area contributed by atoms with Crippen LogP contribution in [0, 0.1) is 0 Å². The Bertz CT molecular complexity index is 351. The molecule has 0 atom stereocenters. The number of hydrogen-bond acceptors (Lipinski definition) is 2. The molecule has 6 heteroatoms. The molecule has 2 nitrogen and oxygen atoms in total. The molecule has 0 aliphatic rings. The summed E-state index contributed by atoms with van der Waals surface area (Å²) in [6.07, 6.45) is -4.50. The second-order valence-electron chi connectivity index (χ2n) is 2.55. The molecule has 0 saturated carbocycles. The molecule has 0 heterocycles. The van der Waals surface area contributed by atoms with Gasteiger partial charge in [-0.05, 0) is 12.1 Å². The van der Waals surface area contributed by atoms with Crippen molar-refractivity contribution >= 4 is 17.3 Å². The van der Waals surface area contributed by atoms with Crippen molar-refractivity contribution in [3.05, 3.63) is 22.7 Å². The van der Waals surface area contributed by atoms with Gasteiger partial charge < -0.3 is 10.5 Å². The Kier molecular flexibility index (Phi) is 2.80. The summed E-state index contributed by atoms with van der Waals surface area (Å²) in [7, 11) is 1.11. The molecule has 0 saturated heterocycles. The maximum atomic E-state index is 12.4. The number of ether oxygens (including phenoxy) is 1. The molecule has 0 fully saturated rings. The van der Waals surface area contributed by atoms with Crippen LogP contribution in [-0.4, -0.2) is 7.11 Å². The van der Waals surface area contributed by atoms with Crippen LogP contribution in [0.15, 0.2) is 12.1 Å². The lowest BCUT2D eigenvalue weighted by atomic mass is 10.1. The average Bonchev–Trinajstić information content (AvgIpc) is 2.07. The van der Waals surface area contributed by atoms with Crippen molar-refractivity contribution < 1.29 is 17.9 Å². The van der Waals surface area contributed by atoms with E-state index in [4.69, 9.17) is 17.3 Å². The van der Waals surface area contributed by atoms with Crippen LogP contribution < -0.4 is 10.5 Å². The lowest BCUT2D eigenvalue weighted by Crippen LogP contribution is -2.08. The number of anilines is 1. The van der Waals surface area contributed by atoms with Crippen molar-refractivity contribution in [1.29, 1.82) is 0 Å². The third-order valence-corrected chi connectivity index (χ3v) is 2.03. The third kappa shape index (κ3) is 1.87. The molecule has 0 aromatic heterocycles. The van der Waals surface area contributed by atoms with Crippen LogP contribution in [0.25, 0.3) is 0 Å². The van der Waals surface area contributed by atoms with Crippen molar-refractivity contribution in [1.82, 2.24) is 0 Å². The molecule has 0 amide bonds. The highest BCUT2D eigenvalue weighted by Gasteiger charge is 2.35. The first-order valence-corrected chi connectivity index (χ1v) is 3.95. The Labute approximate surface area is 83.4 Å². The van der Waals surface area contributed by atoms with Crippen LogP contribution in [0.3, 0.4) is 0 Å². The first kappa shape index (κ1) is 11.0. The number of halogens is 4. The van der Waals surface area contributed by atoms with Crippen molar-refractivity contribution in [3.8, 4) is 5.75 Å². The van der Waals surface area contributed by atoms with E-state index in [0.717, 1.165) is 19.2 Å². The van der Waals surface area contributed by atoms with Gasteiger partial charge in [-0.3, -0.25) is 0 Å². The lowest BCUT2D eigenvalue weighted by Gasteiger charge is -2.13. The Morgan fingerprint density at radius 3 is 2.36 bits per heavy atom. The van der Waals surface area contributed by atoms with Gasteiger partial charge in [-0.25, -0.2) is 0 Å². The van der Waals surface area contributed by atoms with Gasteiger partial charge >= 0.3 is 6.18 Å². The van der Waals surface area contributed by atoms with E-state index >= 15 is 0 Å². The van der Waals surface area contributed by atoms with Crippen LogP contribution in [0.1, 0.15) is 5.56 Å². The summed E-state index contributed by atoms with van der Waals surface area (Å²) in [5.41, 5.74) is 4.45. The van der Waals surface area contributed by atoms with E-state index in [1.54, 1.807) is 0 Å². The summed E-state index contributed by atoms with van der Waals surface area (Å²) in [4.78, 5) is 0. The molecular weight excluding hydrogens is 219 g/mol. The van der Waals surface area contributed by atoms with Gasteiger partial charge in [-0.2, -0.15) is 13.2 Å². The molecule has 2 N–H and O–H groups in total. The number of alkyl halides is 3. The highest BCUT2D eigenvalue weighted by Crippen LogP contribution is 2.42. The quantitative estimate of drug-likeness (QED) is 0.746. The zero-order chi connectivity index (χ0) is 10.9. The molecule has 0 bridgehead atoms. The number of hydrogen-bond donors (Lipinski definition) is 1. The van der Waals surface area contributed by atoms with Crippen LogP contribution in [0.2, 0.25) is 5.02 Å². The fraction of sp³-hybridized carbons (Fsp3) is 0.250. The van der Waals surface area contributed by atoms with Crippen molar-refractivity contribution in [3.63, 3.8) is 0 Å². The van der Waals surface area contributed by atoms with Crippen LogP contribution >= 0.6 is 11.6 Å². The van der Waals surface area contributed by atoms with E-state index in [9.17, 15) is 13.2 Å². The molecule has 78 valence electrons. The minimum atomic E-state index is -4.50. The smallest absolute Gasteiger partial charge is 0.420 e. The second kappa shape index (κ2) is 3.57. The standard InChI is InChI=1S/C8H7ClF3NO/c1-14-7-4(8(10,11)12)2-3-5(13)6(7)9/h2-3H,13H2,1H3. The molecule has 0 radical (unpaired) electrons. The highest BCUT2D eigenvalue weighted by molar-refractivity contribution is 6.34. The zero-order valence-electron chi connectivity index (χ0n) is 7.15. The van der Waals surface area contributed by atoms with Crippen molar-refractivity contribution in [2.45, 2.75) is 6.18 Å². The monoisotopic (exact) mass is 225 g/mol. The number of benzene rings is 1. The van der Waals surface area contributed by atoms with Gasteiger partial charge in [-0.1, -0.05) is 11.6 Å². The number of nitrogens with two attached hydrogens (primary N) is 1. The largest absolute Gasteiger partial charge is 0.494 e. The minimum absolute atomic E-state index is 0.0523. The first-order chi connectivity index (χ1) is 6.38. The second-order valence-corrected chi connectivity index (χ2v) is 2.93. The van der Waals surface area contributed by atoms with E-state index in [0.29, 0.717) is 0 Å². The van der Waals surface area contributed by atoms with Crippen LogP contribution in [0.4, 0.5) is 18.9 Å². The summed E-state index contributed by atoms with van der Waals surface area (Å²) in [5.74, 6) is -0.445. The van der Waals surface area contributed by atoms with Crippen LogP contribution in [-0.2, 0) is 6.18 Å². The summed E-state index contributed by atoms with van der Waals surface area (Å²) >= 11 is 5.55. The van der Waals surface area contributed by atoms with Gasteiger partial charge in [-0.15, -0.1) is 0 Å². The summed E-state index contributed by atoms with van der Waals surface area (Å²) in [5, 5.41) is -0.220. The fourth-order valence-electron chi connectivity index (χ4n) is 0.994. The van der Waals surface area contributed by atoms with Crippen molar-refractivity contribution in [2.75, 3.05) is 12.8 Å². The molecule has 14 heavy (non-hydrogen) atoms. The van der Waals surface area contributed by atoms with Gasteiger partial charge in [0.15, 0.2) is 5.75 Å². The molecule has 1 aromatic carbocycles. The minimum Gasteiger partial charge on any atom is -0.494 e. The topological polar surface area (TPSA) is 35.2 Å². The Morgan fingerprint density at radius 2 is 1.93 bits per heavy atom. The normalized spacial score (nSPS) is 11.5. The lowest BCUT2D eigenvalue weighted by molar-refractivity contribution is -0.138. The van der Waals surface area contributed by atoms with E-state index in [1.807, 2.05) is 0 Å². The van der Waals surface area contributed by atoms with Gasteiger partial charge in [0.2, 0.25) is 0 Å². The number of methoxy groups -OCH3 is 1. The Balaban J connectivity index is 3.39. The maximum absolute atomic E-state index is 12.4. The SMILES string of the molecule is COc1c(C(F)(F)F)ccc(N)c1Cl.